The van der Waals surface area contributed by atoms with Crippen LogP contribution in [0, 0.1) is 0 Å². The topological polar surface area (TPSA) is 47.9 Å². The smallest absolute Gasteiger partial charge is 0.252 e. The number of nitrogens with zero attached hydrogens (tertiary/aromatic N) is 3. The maximum absolute atomic E-state index is 12.9. The van der Waals surface area contributed by atoms with Crippen LogP contribution in [0.2, 0.25) is 0 Å². The highest BCUT2D eigenvalue weighted by Gasteiger charge is 2.36. The highest BCUT2D eigenvalue weighted by atomic mass is 16.1. The minimum Gasteiger partial charge on any atom is -0.378 e. The molecule has 5 heteroatoms. The van der Waals surface area contributed by atoms with E-state index in [1.54, 1.807) is 0 Å². The summed E-state index contributed by atoms with van der Waals surface area (Å²) in [6.45, 7) is 0. The molecule has 0 aromatic heterocycles. The highest BCUT2D eigenvalue weighted by Crippen LogP contribution is 2.32. The number of benzene rings is 2. The Morgan fingerprint density at radius 3 is 2.48 bits per heavy atom. The Labute approximate surface area is 159 Å². The lowest BCUT2D eigenvalue weighted by atomic mass is 10.0. The molecule has 2 unspecified atom stereocenters. The van der Waals surface area contributed by atoms with Crippen molar-refractivity contribution in [1.82, 2.24) is 10.2 Å². The van der Waals surface area contributed by atoms with E-state index in [2.05, 4.69) is 5.32 Å². The van der Waals surface area contributed by atoms with Gasteiger partial charge in [0, 0.05) is 31.5 Å². The van der Waals surface area contributed by atoms with Gasteiger partial charge in [-0.15, -0.1) is 0 Å². The molecule has 2 aliphatic rings. The first kappa shape index (κ1) is 17.1. The number of rotatable bonds is 4. The molecule has 4 rings (SSSR count). The Balaban J connectivity index is 1.59. The normalized spacial score (nSPS) is 20.2. The summed E-state index contributed by atoms with van der Waals surface area (Å²) in [5.41, 5.74) is 2.77. The lowest BCUT2D eigenvalue weighted by Gasteiger charge is -2.29. The van der Waals surface area contributed by atoms with Crippen LogP contribution in [0.1, 0.15) is 22.0 Å². The third-order valence-corrected chi connectivity index (χ3v) is 4.80. The fourth-order valence-electron chi connectivity index (χ4n) is 3.34. The van der Waals surface area contributed by atoms with Gasteiger partial charge in [-0.3, -0.25) is 9.79 Å². The van der Waals surface area contributed by atoms with Crippen LogP contribution in [0.15, 0.2) is 84.0 Å². The third kappa shape index (κ3) is 3.36. The lowest BCUT2D eigenvalue weighted by Crippen LogP contribution is -2.47. The van der Waals surface area contributed by atoms with Crippen molar-refractivity contribution >= 4 is 17.4 Å². The second kappa shape index (κ2) is 7.11. The number of amidine groups is 1. The molecule has 0 saturated heterocycles. The van der Waals surface area contributed by atoms with Gasteiger partial charge >= 0.3 is 0 Å². The first-order chi connectivity index (χ1) is 13.1. The fourth-order valence-corrected chi connectivity index (χ4v) is 3.34. The molecule has 1 amide bonds. The fraction of sp³-hybridized carbons (Fsp3) is 0.182. The molecule has 2 aromatic carbocycles. The van der Waals surface area contributed by atoms with Crippen LogP contribution in [-0.4, -0.2) is 36.9 Å². The Kier molecular flexibility index (Phi) is 4.50. The number of nitrogens with one attached hydrogen (secondary N) is 1. The Hall–Kier alpha value is -3.34. The molecule has 0 aliphatic carbocycles. The van der Waals surface area contributed by atoms with E-state index >= 15 is 0 Å². The molecular weight excluding hydrogens is 336 g/mol. The maximum Gasteiger partial charge on any atom is 0.252 e. The maximum atomic E-state index is 12.9. The van der Waals surface area contributed by atoms with Crippen molar-refractivity contribution in [2.45, 2.75) is 12.2 Å². The molecule has 1 N–H and O–H groups in total. The molecule has 0 spiro atoms. The van der Waals surface area contributed by atoms with Crippen molar-refractivity contribution < 1.29 is 4.79 Å². The average molecular weight is 358 g/mol. The van der Waals surface area contributed by atoms with Crippen molar-refractivity contribution in [2.24, 2.45) is 4.99 Å². The van der Waals surface area contributed by atoms with Crippen LogP contribution < -0.4 is 10.2 Å². The highest BCUT2D eigenvalue weighted by molar-refractivity contribution is 5.99. The Morgan fingerprint density at radius 2 is 1.78 bits per heavy atom. The van der Waals surface area contributed by atoms with Crippen LogP contribution in [0.4, 0.5) is 5.69 Å². The SMILES string of the molecule is CN(C)c1ccc(C(=O)NC2C(c3ccccc3)N=C3C=CC=CN32)cc1. The van der Waals surface area contributed by atoms with Gasteiger partial charge in [0.25, 0.3) is 5.91 Å². The number of hydrogen-bond acceptors (Lipinski definition) is 4. The van der Waals surface area contributed by atoms with E-state index in [1.807, 2.05) is 103 Å². The van der Waals surface area contributed by atoms with Crippen molar-refractivity contribution in [3.8, 4) is 0 Å². The van der Waals surface area contributed by atoms with Crippen molar-refractivity contribution in [2.75, 3.05) is 19.0 Å². The van der Waals surface area contributed by atoms with Crippen LogP contribution in [0.5, 0.6) is 0 Å². The van der Waals surface area contributed by atoms with Gasteiger partial charge in [-0.1, -0.05) is 36.4 Å². The molecule has 5 nitrogen and oxygen atoms in total. The average Bonchev–Trinajstić information content (AvgIpc) is 3.07. The van der Waals surface area contributed by atoms with Gasteiger partial charge < -0.3 is 15.1 Å². The molecule has 0 bridgehead atoms. The van der Waals surface area contributed by atoms with Gasteiger partial charge in [0.1, 0.15) is 18.0 Å². The molecule has 2 aromatic rings. The summed E-state index contributed by atoms with van der Waals surface area (Å²) in [4.78, 5) is 21.7. The first-order valence-corrected chi connectivity index (χ1v) is 8.98. The largest absolute Gasteiger partial charge is 0.378 e. The summed E-state index contributed by atoms with van der Waals surface area (Å²) in [7, 11) is 3.96. The zero-order chi connectivity index (χ0) is 18.8. The number of fused-ring (bicyclic) bond motifs is 1. The number of allylic oxidation sites excluding steroid dienone is 2. The molecule has 136 valence electrons. The van der Waals surface area contributed by atoms with E-state index in [-0.39, 0.29) is 18.1 Å². The van der Waals surface area contributed by atoms with Gasteiger partial charge in [0.2, 0.25) is 0 Å². The number of amides is 1. The molecule has 2 heterocycles. The summed E-state index contributed by atoms with van der Waals surface area (Å²) in [5.74, 6) is 0.755. The van der Waals surface area contributed by atoms with Crippen molar-refractivity contribution in [3.05, 3.63) is 90.2 Å². The second-order valence-corrected chi connectivity index (χ2v) is 6.81. The summed E-state index contributed by atoms with van der Waals surface area (Å²) in [6, 6.07) is 17.5. The number of carbonyl (C=O) groups excluding carboxylic acids is 1. The van der Waals surface area contributed by atoms with Crippen molar-refractivity contribution in [1.29, 1.82) is 0 Å². The minimum atomic E-state index is -0.260. The Bertz CT molecular complexity index is 913. The monoisotopic (exact) mass is 358 g/mol. The minimum absolute atomic E-state index is 0.106. The van der Waals surface area contributed by atoms with Crippen LogP contribution >= 0.6 is 0 Å². The first-order valence-electron chi connectivity index (χ1n) is 8.98. The summed E-state index contributed by atoms with van der Waals surface area (Å²) in [5, 5.41) is 3.17. The zero-order valence-corrected chi connectivity index (χ0v) is 15.4. The van der Waals surface area contributed by atoms with E-state index in [0.717, 1.165) is 17.1 Å². The molecular formula is C22H22N4O. The molecule has 27 heavy (non-hydrogen) atoms. The second-order valence-electron chi connectivity index (χ2n) is 6.81. The molecule has 2 atom stereocenters. The number of carbonyl (C=O) groups is 1. The van der Waals surface area contributed by atoms with Crippen LogP contribution in [-0.2, 0) is 0 Å². The Morgan fingerprint density at radius 1 is 1.04 bits per heavy atom. The zero-order valence-electron chi connectivity index (χ0n) is 15.4. The van der Waals surface area contributed by atoms with Gasteiger partial charge in [0.05, 0.1) is 0 Å². The van der Waals surface area contributed by atoms with Gasteiger partial charge in [-0.25, -0.2) is 0 Å². The van der Waals surface area contributed by atoms with E-state index in [4.69, 9.17) is 4.99 Å². The van der Waals surface area contributed by atoms with E-state index in [0.29, 0.717) is 5.56 Å². The quantitative estimate of drug-likeness (QED) is 0.912. The van der Waals surface area contributed by atoms with E-state index in [1.165, 1.54) is 0 Å². The van der Waals surface area contributed by atoms with Gasteiger partial charge in [-0.2, -0.15) is 0 Å². The summed E-state index contributed by atoms with van der Waals surface area (Å²) >= 11 is 0. The predicted octanol–water partition coefficient (Wildman–Crippen LogP) is 3.35. The predicted molar refractivity (Wildman–Crippen MR) is 109 cm³/mol. The number of aliphatic imine (C=N–C) groups is 1. The van der Waals surface area contributed by atoms with Crippen LogP contribution in [0.3, 0.4) is 0 Å². The standard InChI is InChI=1S/C22H22N4O/c1-25(2)18-13-11-17(12-14-18)22(27)24-21-20(16-8-4-3-5-9-16)23-19-10-6-7-15-26(19)21/h3-15,20-21H,1-2H3,(H,24,27). The van der Waals surface area contributed by atoms with E-state index < -0.39 is 0 Å². The molecule has 0 fully saturated rings. The van der Waals surface area contributed by atoms with Gasteiger partial charge in [-0.05, 0) is 42.0 Å². The molecule has 0 radical (unpaired) electrons. The summed E-state index contributed by atoms with van der Waals surface area (Å²) < 4.78 is 0. The molecule has 0 saturated carbocycles. The third-order valence-electron chi connectivity index (χ3n) is 4.80. The van der Waals surface area contributed by atoms with Gasteiger partial charge in [0.15, 0.2) is 0 Å². The van der Waals surface area contributed by atoms with Crippen LogP contribution in [0.25, 0.3) is 0 Å². The lowest BCUT2D eigenvalue weighted by molar-refractivity contribution is 0.0908. The van der Waals surface area contributed by atoms with Crippen molar-refractivity contribution in [3.63, 3.8) is 0 Å². The molecule has 2 aliphatic heterocycles. The van der Waals surface area contributed by atoms with E-state index in [9.17, 15) is 4.79 Å². The number of hydrogen-bond donors (Lipinski definition) is 1. The number of anilines is 1. The summed E-state index contributed by atoms with van der Waals surface area (Å²) in [6.07, 6.45) is 7.58.